The summed E-state index contributed by atoms with van der Waals surface area (Å²) in [5.41, 5.74) is 4.54. The number of benzene rings is 2. The summed E-state index contributed by atoms with van der Waals surface area (Å²) in [6.07, 6.45) is 0. The highest BCUT2D eigenvalue weighted by molar-refractivity contribution is 7.22. The maximum Gasteiger partial charge on any atom is 0.278 e. The Bertz CT molecular complexity index is 1160. The van der Waals surface area contributed by atoms with Gasteiger partial charge in [-0.2, -0.15) is 5.10 Å². The number of aromatic nitrogens is 3. The average Bonchev–Trinajstić information content (AvgIpc) is 3.31. The van der Waals surface area contributed by atoms with Gasteiger partial charge in [-0.05, 0) is 51.0 Å². The largest absolute Gasteiger partial charge is 0.278 e. The molecule has 0 spiro atoms. The zero-order chi connectivity index (χ0) is 20.5. The molecule has 0 saturated carbocycles. The highest BCUT2D eigenvalue weighted by Gasteiger charge is 2.26. The van der Waals surface area contributed by atoms with Crippen molar-refractivity contribution < 1.29 is 4.79 Å². The van der Waals surface area contributed by atoms with Gasteiger partial charge in [-0.15, -0.1) is 0 Å². The molecule has 0 unspecified atom stereocenters. The Balaban J connectivity index is 1.81. The third-order valence-electron chi connectivity index (χ3n) is 4.84. The highest BCUT2D eigenvalue weighted by Crippen LogP contribution is 2.32. The Morgan fingerprint density at radius 3 is 2.55 bits per heavy atom. The van der Waals surface area contributed by atoms with Crippen LogP contribution in [-0.4, -0.2) is 20.7 Å². The molecule has 0 aliphatic heterocycles. The van der Waals surface area contributed by atoms with Crippen LogP contribution in [0.3, 0.4) is 0 Å². The van der Waals surface area contributed by atoms with Crippen LogP contribution >= 0.6 is 11.3 Å². The second kappa shape index (κ2) is 7.79. The number of anilines is 1. The lowest BCUT2D eigenvalue weighted by molar-refractivity contribution is 0.0973. The number of carbonyl (C=O) groups is 1. The minimum absolute atomic E-state index is 0.0835. The van der Waals surface area contributed by atoms with E-state index in [1.165, 1.54) is 0 Å². The van der Waals surface area contributed by atoms with E-state index in [0.29, 0.717) is 17.4 Å². The van der Waals surface area contributed by atoms with Crippen molar-refractivity contribution in [3.8, 4) is 0 Å². The number of nitrogens with zero attached hydrogens (tertiary/aromatic N) is 4. The van der Waals surface area contributed by atoms with E-state index < -0.39 is 0 Å². The van der Waals surface area contributed by atoms with Crippen molar-refractivity contribution in [2.24, 2.45) is 0 Å². The molecular formula is C23H24N4OS. The number of amides is 1. The van der Waals surface area contributed by atoms with E-state index in [4.69, 9.17) is 4.98 Å². The molecule has 148 valence electrons. The van der Waals surface area contributed by atoms with Gasteiger partial charge in [0.25, 0.3) is 5.91 Å². The van der Waals surface area contributed by atoms with E-state index in [1.54, 1.807) is 20.9 Å². The monoisotopic (exact) mass is 404 g/mol. The summed E-state index contributed by atoms with van der Waals surface area (Å²) in [5, 5.41) is 5.23. The van der Waals surface area contributed by atoms with Crippen molar-refractivity contribution in [2.75, 3.05) is 4.90 Å². The summed E-state index contributed by atoms with van der Waals surface area (Å²) in [4.78, 5) is 20.3. The number of hydrogen-bond donors (Lipinski definition) is 0. The molecule has 5 nitrogen and oxygen atoms in total. The van der Waals surface area contributed by atoms with E-state index in [-0.39, 0.29) is 11.9 Å². The summed E-state index contributed by atoms with van der Waals surface area (Å²) in [6.45, 7) is 8.49. The quantitative estimate of drug-likeness (QED) is 0.439. The third-order valence-corrected chi connectivity index (χ3v) is 5.88. The van der Waals surface area contributed by atoms with Crippen LogP contribution in [0.25, 0.3) is 10.2 Å². The molecule has 0 fully saturated rings. The van der Waals surface area contributed by atoms with Crippen molar-refractivity contribution in [1.82, 2.24) is 14.8 Å². The van der Waals surface area contributed by atoms with Gasteiger partial charge in [-0.3, -0.25) is 14.4 Å². The standard InChI is InChI=1S/C23H24N4OS/c1-15(2)27-19(13-17(4)25-27)22(28)26(14-18-10-6-5-7-11-18)23-24-21-16(3)9-8-12-20(21)29-23/h5-13,15H,14H2,1-4H3. The van der Waals surface area contributed by atoms with Crippen LogP contribution < -0.4 is 4.90 Å². The Labute approximate surface area is 174 Å². The first-order valence-electron chi connectivity index (χ1n) is 9.72. The number of para-hydroxylation sites is 1. The van der Waals surface area contributed by atoms with Crippen LogP contribution in [0.5, 0.6) is 0 Å². The molecule has 0 aliphatic rings. The van der Waals surface area contributed by atoms with Gasteiger partial charge in [-0.1, -0.05) is 53.8 Å². The number of fused-ring (bicyclic) bond motifs is 1. The number of hydrogen-bond acceptors (Lipinski definition) is 4. The topological polar surface area (TPSA) is 51.0 Å². The molecule has 0 N–H and O–H groups in total. The van der Waals surface area contributed by atoms with Crippen molar-refractivity contribution in [1.29, 1.82) is 0 Å². The van der Waals surface area contributed by atoms with Crippen LogP contribution in [0, 0.1) is 13.8 Å². The lowest BCUT2D eigenvalue weighted by Gasteiger charge is -2.21. The number of rotatable bonds is 5. The van der Waals surface area contributed by atoms with Crippen LogP contribution in [0.1, 0.15) is 47.2 Å². The lowest BCUT2D eigenvalue weighted by atomic mass is 10.2. The molecule has 0 radical (unpaired) electrons. The van der Waals surface area contributed by atoms with Gasteiger partial charge in [0, 0.05) is 6.04 Å². The van der Waals surface area contributed by atoms with Crippen molar-refractivity contribution in [2.45, 2.75) is 40.3 Å². The Hall–Kier alpha value is -2.99. The second-order valence-electron chi connectivity index (χ2n) is 7.50. The number of carbonyl (C=O) groups excluding carboxylic acids is 1. The number of thiazole rings is 1. The summed E-state index contributed by atoms with van der Waals surface area (Å²) < 4.78 is 2.88. The maximum atomic E-state index is 13.7. The first-order chi connectivity index (χ1) is 13.9. The van der Waals surface area contributed by atoms with Crippen LogP contribution in [0.2, 0.25) is 0 Å². The third kappa shape index (κ3) is 3.80. The second-order valence-corrected chi connectivity index (χ2v) is 8.51. The van der Waals surface area contributed by atoms with Crippen LogP contribution in [0.4, 0.5) is 5.13 Å². The predicted octanol–water partition coefficient (Wildman–Crippen LogP) is 5.54. The van der Waals surface area contributed by atoms with Crippen molar-refractivity contribution >= 4 is 32.6 Å². The summed E-state index contributed by atoms with van der Waals surface area (Å²) in [7, 11) is 0. The summed E-state index contributed by atoms with van der Waals surface area (Å²) >= 11 is 1.55. The molecule has 4 aromatic rings. The Kier molecular flexibility index (Phi) is 5.20. The maximum absolute atomic E-state index is 13.7. The van der Waals surface area contributed by atoms with Crippen molar-refractivity contribution in [3.05, 3.63) is 77.1 Å². The predicted molar refractivity (Wildman–Crippen MR) is 119 cm³/mol. The molecule has 2 aromatic carbocycles. The zero-order valence-electron chi connectivity index (χ0n) is 17.1. The van der Waals surface area contributed by atoms with Gasteiger partial charge in [0.1, 0.15) is 5.69 Å². The minimum atomic E-state index is -0.0835. The lowest BCUT2D eigenvalue weighted by Crippen LogP contribution is -2.32. The molecule has 0 saturated heterocycles. The zero-order valence-corrected chi connectivity index (χ0v) is 17.9. The average molecular weight is 405 g/mol. The smallest absolute Gasteiger partial charge is 0.278 e. The summed E-state index contributed by atoms with van der Waals surface area (Å²) in [6, 6.07) is 18.1. The molecule has 1 amide bonds. The molecule has 29 heavy (non-hydrogen) atoms. The molecule has 0 aliphatic carbocycles. The fourth-order valence-corrected chi connectivity index (χ4v) is 4.43. The first kappa shape index (κ1) is 19.3. The molecule has 0 bridgehead atoms. The van der Waals surface area contributed by atoms with Gasteiger partial charge in [0.05, 0.1) is 22.5 Å². The minimum Gasteiger partial charge on any atom is -0.278 e. The highest BCUT2D eigenvalue weighted by atomic mass is 32.1. The fraction of sp³-hybridized carbons (Fsp3) is 0.261. The first-order valence-corrected chi connectivity index (χ1v) is 10.5. The van der Waals surface area contributed by atoms with Gasteiger partial charge in [-0.25, -0.2) is 4.98 Å². The SMILES string of the molecule is Cc1cc(C(=O)N(Cc2ccccc2)c2nc3c(C)cccc3s2)n(C(C)C)n1. The molecule has 4 rings (SSSR count). The molecule has 2 heterocycles. The molecule has 2 aromatic heterocycles. The number of aryl methyl sites for hydroxylation is 2. The van der Waals surface area contributed by atoms with Gasteiger partial charge in [0.2, 0.25) is 0 Å². The van der Waals surface area contributed by atoms with Gasteiger partial charge in [0.15, 0.2) is 5.13 Å². The van der Waals surface area contributed by atoms with Crippen molar-refractivity contribution in [3.63, 3.8) is 0 Å². The van der Waals surface area contributed by atoms with E-state index in [2.05, 4.69) is 11.2 Å². The van der Waals surface area contributed by atoms with E-state index >= 15 is 0 Å². The van der Waals surface area contributed by atoms with E-state index in [0.717, 1.165) is 27.0 Å². The van der Waals surface area contributed by atoms with Crippen LogP contribution in [0.15, 0.2) is 54.6 Å². The van der Waals surface area contributed by atoms with Crippen LogP contribution in [-0.2, 0) is 6.54 Å². The normalized spacial score (nSPS) is 11.3. The molecule has 0 atom stereocenters. The molecule has 6 heteroatoms. The van der Waals surface area contributed by atoms with Gasteiger partial charge < -0.3 is 0 Å². The Morgan fingerprint density at radius 1 is 1.10 bits per heavy atom. The molecular weight excluding hydrogens is 380 g/mol. The Morgan fingerprint density at radius 2 is 1.86 bits per heavy atom. The fourth-order valence-electron chi connectivity index (χ4n) is 3.39. The summed E-state index contributed by atoms with van der Waals surface area (Å²) in [5.74, 6) is -0.0835. The van der Waals surface area contributed by atoms with Gasteiger partial charge >= 0.3 is 0 Å². The van der Waals surface area contributed by atoms with E-state index in [1.807, 2.05) is 76.2 Å². The van der Waals surface area contributed by atoms with E-state index in [9.17, 15) is 4.79 Å².